The minimum atomic E-state index is 0.493. The summed E-state index contributed by atoms with van der Waals surface area (Å²) in [5.74, 6) is 3.50. The van der Waals surface area contributed by atoms with Gasteiger partial charge in [0.1, 0.15) is 5.75 Å². The van der Waals surface area contributed by atoms with E-state index in [-0.39, 0.29) is 0 Å². The largest absolute Gasteiger partial charge is 0.496 e. The van der Waals surface area contributed by atoms with Gasteiger partial charge in [-0.05, 0) is 24.0 Å². The highest BCUT2D eigenvalue weighted by Crippen LogP contribution is 2.29. The SMILES string of the molecule is COc1ccccc1SCC(C)CNC(N)=NCC(C)C. The molecule has 1 rings (SSSR count). The van der Waals surface area contributed by atoms with Crippen LogP contribution in [0, 0.1) is 11.8 Å². The van der Waals surface area contributed by atoms with Crippen molar-refractivity contribution in [1.29, 1.82) is 0 Å². The Balaban J connectivity index is 2.34. The Morgan fingerprint density at radius 1 is 1.33 bits per heavy atom. The van der Waals surface area contributed by atoms with Crippen molar-refractivity contribution in [2.75, 3.05) is 26.0 Å². The zero-order valence-electron chi connectivity index (χ0n) is 13.4. The van der Waals surface area contributed by atoms with Gasteiger partial charge in [-0.15, -0.1) is 11.8 Å². The quantitative estimate of drug-likeness (QED) is 0.440. The summed E-state index contributed by atoms with van der Waals surface area (Å²) in [5, 5.41) is 3.19. The predicted octanol–water partition coefficient (Wildman–Crippen LogP) is 2.98. The van der Waals surface area contributed by atoms with E-state index in [4.69, 9.17) is 10.5 Å². The minimum Gasteiger partial charge on any atom is -0.496 e. The first-order valence-electron chi connectivity index (χ1n) is 7.32. The van der Waals surface area contributed by atoms with E-state index in [1.165, 1.54) is 4.90 Å². The fourth-order valence-electron chi connectivity index (χ4n) is 1.64. The molecule has 5 heteroatoms. The highest BCUT2D eigenvalue weighted by Gasteiger charge is 2.07. The summed E-state index contributed by atoms with van der Waals surface area (Å²) in [6.45, 7) is 8.05. The molecule has 0 aromatic heterocycles. The van der Waals surface area contributed by atoms with E-state index in [1.54, 1.807) is 18.9 Å². The third-order valence-corrected chi connectivity index (χ3v) is 4.23. The molecule has 21 heavy (non-hydrogen) atoms. The molecular weight excluding hydrogens is 282 g/mol. The Bertz CT molecular complexity index is 449. The van der Waals surface area contributed by atoms with Crippen LogP contribution in [0.1, 0.15) is 20.8 Å². The van der Waals surface area contributed by atoms with E-state index >= 15 is 0 Å². The van der Waals surface area contributed by atoms with Gasteiger partial charge in [0.2, 0.25) is 0 Å². The van der Waals surface area contributed by atoms with Crippen LogP contribution in [0.5, 0.6) is 5.75 Å². The number of guanidine groups is 1. The maximum Gasteiger partial charge on any atom is 0.188 e. The number of ether oxygens (including phenoxy) is 1. The highest BCUT2D eigenvalue weighted by atomic mass is 32.2. The van der Waals surface area contributed by atoms with Gasteiger partial charge in [0.25, 0.3) is 0 Å². The molecule has 0 saturated heterocycles. The molecule has 0 bridgehead atoms. The number of aliphatic imine (C=N–C) groups is 1. The van der Waals surface area contributed by atoms with Crippen molar-refractivity contribution in [2.45, 2.75) is 25.7 Å². The summed E-state index contributed by atoms with van der Waals surface area (Å²) in [6, 6.07) is 8.09. The normalized spacial score (nSPS) is 13.3. The van der Waals surface area contributed by atoms with Gasteiger partial charge < -0.3 is 15.8 Å². The Hall–Kier alpha value is -1.36. The average molecular weight is 309 g/mol. The molecule has 1 atom stereocenters. The molecule has 0 aliphatic rings. The number of nitrogens with one attached hydrogen (secondary N) is 1. The molecule has 1 aromatic carbocycles. The molecule has 0 aliphatic heterocycles. The number of para-hydroxylation sites is 1. The number of nitrogens with two attached hydrogens (primary N) is 1. The minimum absolute atomic E-state index is 0.493. The molecule has 0 heterocycles. The summed E-state index contributed by atoms with van der Waals surface area (Å²) in [5.41, 5.74) is 5.84. The van der Waals surface area contributed by atoms with Gasteiger partial charge in [-0.2, -0.15) is 0 Å². The number of hydrogen-bond acceptors (Lipinski definition) is 3. The summed E-state index contributed by atoms with van der Waals surface area (Å²) in [4.78, 5) is 5.47. The van der Waals surface area contributed by atoms with Gasteiger partial charge >= 0.3 is 0 Å². The standard InChI is InChI=1S/C16H27N3OS/c1-12(2)9-18-16(17)19-10-13(3)11-21-15-8-6-5-7-14(15)20-4/h5-8,12-13H,9-11H2,1-4H3,(H3,17,18,19). The number of methoxy groups -OCH3 is 1. The first-order chi connectivity index (χ1) is 10.0. The number of thioether (sulfide) groups is 1. The molecular formula is C16H27N3OS. The number of benzene rings is 1. The molecule has 0 aliphatic carbocycles. The maximum absolute atomic E-state index is 5.84. The van der Waals surface area contributed by atoms with Crippen molar-refractivity contribution in [3.05, 3.63) is 24.3 Å². The van der Waals surface area contributed by atoms with Gasteiger partial charge in [0.15, 0.2) is 5.96 Å². The lowest BCUT2D eigenvalue weighted by Crippen LogP contribution is -2.35. The molecule has 0 saturated carbocycles. The van der Waals surface area contributed by atoms with E-state index in [2.05, 4.69) is 37.1 Å². The molecule has 0 radical (unpaired) electrons. The Labute approximate surface area is 132 Å². The molecule has 0 amide bonds. The first kappa shape index (κ1) is 17.7. The van der Waals surface area contributed by atoms with E-state index in [9.17, 15) is 0 Å². The van der Waals surface area contributed by atoms with E-state index < -0.39 is 0 Å². The van der Waals surface area contributed by atoms with Crippen molar-refractivity contribution in [3.8, 4) is 5.75 Å². The summed E-state index contributed by atoms with van der Waals surface area (Å²) in [7, 11) is 1.70. The molecule has 4 nitrogen and oxygen atoms in total. The summed E-state index contributed by atoms with van der Waals surface area (Å²) in [6.07, 6.45) is 0. The smallest absolute Gasteiger partial charge is 0.188 e. The lowest BCUT2D eigenvalue weighted by Gasteiger charge is -2.14. The van der Waals surface area contributed by atoms with Gasteiger partial charge in [0.05, 0.1) is 7.11 Å². The molecule has 0 spiro atoms. The number of hydrogen-bond donors (Lipinski definition) is 2. The fourth-order valence-corrected chi connectivity index (χ4v) is 2.69. The summed E-state index contributed by atoms with van der Waals surface area (Å²) >= 11 is 1.80. The van der Waals surface area contributed by atoms with Crippen LogP contribution in [0.15, 0.2) is 34.2 Å². The van der Waals surface area contributed by atoms with Gasteiger partial charge in [-0.3, -0.25) is 4.99 Å². The fraction of sp³-hybridized carbons (Fsp3) is 0.562. The third kappa shape index (κ3) is 7.27. The maximum atomic E-state index is 5.84. The lowest BCUT2D eigenvalue weighted by atomic mass is 10.2. The second-order valence-corrected chi connectivity index (χ2v) is 6.63. The Morgan fingerprint density at radius 2 is 2.05 bits per heavy atom. The van der Waals surface area contributed by atoms with Crippen LogP contribution in [0.25, 0.3) is 0 Å². The van der Waals surface area contributed by atoms with Crippen molar-refractivity contribution in [3.63, 3.8) is 0 Å². The number of rotatable bonds is 8. The van der Waals surface area contributed by atoms with E-state index in [0.717, 1.165) is 24.6 Å². The molecule has 0 fully saturated rings. The van der Waals surface area contributed by atoms with Crippen LogP contribution in [-0.2, 0) is 0 Å². The van der Waals surface area contributed by atoms with Crippen molar-refractivity contribution in [1.82, 2.24) is 5.32 Å². The lowest BCUT2D eigenvalue weighted by molar-refractivity contribution is 0.405. The zero-order valence-corrected chi connectivity index (χ0v) is 14.2. The van der Waals surface area contributed by atoms with Gasteiger partial charge in [-0.1, -0.05) is 32.9 Å². The second kappa shape index (κ2) is 9.55. The van der Waals surface area contributed by atoms with Crippen molar-refractivity contribution < 1.29 is 4.74 Å². The van der Waals surface area contributed by atoms with Gasteiger partial charge in [0, 0.05) is 23.7 Å². The average Bonchev–Trinajstić information content (AvgIpc) is 2.49. The zero-order chi connectivity index (χ0) is 15.7. The third-order valence-electron chi connectivity index (χ3n) is 2.85. The van der Waals surface area contributed by atoms with E-state index in [0.29, 0.717) is 17.8 Å². The van der Waals surface area contributed by atoms with Crippen LogP contribution in [0.2, 0.25) is 0 Å². The van der Waals surface area contributed by atoms with E-state index in [1.807, 2.05) is 18.2 Å². The van der Waals surface area contributed by atoms with Crippen LogP contribution in [-0.4, -0.2) is 31.9 Å². The summed E-state index contributed by atoms with van der Waals surface area (Å²) < 4.78 is 5.35. The molecule has 3 N–H and O–H groups in total. The van der Waals surface area contributed by atoms with Crippen LogP contribution in [0.3, 0.4) is 0 Å². The topological polar surface area (TPSA) is 59.6 Å². The van der Waals surface area contributed by atoms with Crippen molar-refractivity contribution in [2.24, 2.45) is 22.6 Å². The Morgan fingerprint density at radius 3 is 2.71 bits per heavy atom. The van der Waals surface area contributed by atoms with Crippen LogP contribution >= 0.6 is 11.8 Å². The van der Waals surface area contributed by atoms with Crippen LogP contribution in [0.4, 0.5) is 0 Å². The molecule has 1 unspecified atom stereocenters. The van der Waals surface area contributed by atoms with Crippen molar-refractivity contribution >= 4 is 17.7 Å². The van der Waals surface area contributed by atoms with Gasteiger partial charge in [-0.25, -0.2) is 0 Å². The molecule has 118 valence electrons. The highest BCUT2D eigenvalue weighted by molar-refractivity contribution is 7.99. The Kier molecular flexibility index (Phi) is 8.05. The van der Waals surface area contributed by atoms with Crippen LogP contribution < -0.4 is 15.8 Å². The monoisotopic (exact) mass is 309 g/mol. The first-order valence-corrected chi connectivity index (χ1v) is 8.31. The second-order valence-electron chi connectivity index (χ2n) is 5.57. The number of nitrogens with zero attached hydrogens (tertiary/aromatic N) is 1. The predicted molar refractivity (Wildman–Crippen MR) is 92.2 cm³/mol. The molecule has 1 aromatic rings.